The zero-order valence-corrected chi connectivity index (χ0v) is 16.0. The Kier molecular flexibility index (Phi) is 5.69. The van der Waals surface area contributed by atoms with Gasteiger partial charge in [0, 0.05) is 12.6 Å². The van der Waals surface area contributed by atoms with Crippen molar-refractivity contribution in [1.29, 1.82) is 0 Å². The van der Waals surface area contributed by atoms with Crippen molar-refractivity contribution in [2.75, 3.05) is 32.6 Å². The number of hydrogen-bond donors (Lipinski definition) is 1. The molecule has 26 heavy (non-hydrogen) atoms. The van der Waals surface area contributed by atoms with E-state index in [9.17, 15) is 4.79 Å². The monoisotopic (exact) mass is 374 g/mol. The molecular formula is C20H23ClN2O3. The van der Waals surface area contributed by atoms with Crippen LogP contribution in [0.15, 0.2) is 36.4 Å². The van der Waals surface area contributed by atoms with Crippen molar-refractivity contribution in [3.63, 3.8) is 0 Å². The molecule has 0 aliphatic carbocycles. The van der Waals surface area contributed by atoms with E-state index in [4.69, 9.17) is 21.1 Å². The van der Waals surface area contributed by atoms with Crippen molar-refractivity contribution in [2.24, 2.45) is 0 Å². The molecule has 2 aromatic carbocycles. The molecule has 0 spiro atoms. The lowest BCUT2D eigenvalue weighted by molar-refractivity contribution is -0.117. The number of fused-ring (bicyclic) bond motifs is 1. The molecule has 1 aliphatic rings. The summed E-state index contributed by atoms with van der Waals surface area (Å²) in [6.07, 6.45) is 0.861. The first-order chi connectivity index (χ1) is 12.5. The molecule has 0 saturated heterocycles. The first-order valence-corrected chi connectivity index (χ1v) is 8.94. The van der Waals surface area contributed by atoms with Crippen LogP contribution in [0.4, 0.5) is 5.69 Å². The molecule has 2 aromatic rings. The van der Waals surface area contributed by atoms with Crippen LogP contribution in [0.3, 0.4) is 0 Å². The third-order valence-corrected chi connectivity index (χ3v) is 5.14. The van der Waals surface area contributed by atoms with Gasteiger partial charge in [0.1, 0.15) is 0 Å². The highest BCUT2D eigenvalue weighted by molar-refractivity contribution is 6.33. The van der Waals surface area contributed by atoms with Crippen LogP contribution in [0.1, 0.15) is 24.1 Å². The highest BCUT2D eigenvalue weighted by Crippen LogP contribution is 2.37. The van der Waals surface area contributed by atoms with E-state index in [-0.39, 0.29) is 11.9 Å². The summed E-state index contributed by atoms with van der Waals surface area (Å²) in [6, 6.07) is 11.4. The quantitative estimate of drug-likeness (QED) is 0.861. The van der Waals surface area contributed by atoms with Gasteiger partial charge in [-0.15, -0.1) is 0 Å². The van der Waals surface area contributed by atoms with Gasteiger partial charge in [-0.25, -0.2) is 0 Å². The van der Waals surface area contributed by atoms with Gasteiger partial charge in [-0.05, 0) is 48.7 Å². The number of rotatable bonds is 5. The topological polar surface area (TPSA) is 50.8 Å². The van der Waals surface area contributed by atoms with Gasteiger partial charge in [-0.2, -0.15) is 0 Å². The maximum atomic E-state index is 12.5. The number of nitrogens with zero attached hydrogens (tertiary/aromatic N) is 1. The van der Waals surface area contributed by atoms with E-state index in [0.29, 0.717) is 23.0 Å². The Morgan fingerprint density at radius 3 is 2.62 bits per heavy atom. The Hall–Kier alpha value is -2.24. The van der Waals surface area contributed by atoms with E-state index in [1.54, 1.807) is 26.4 Å². The second-order valence-corrected chi connectivity index (χ2v) is 6.74. The Morgan fingerprint density at radius 2 is 1.92 bits per heavy atom. The van der Waals surface area contributed by atoms with Crippen molar-refractivity contribution in [2.45, 2.75) is 19.4 Å². The number of hydrogen-bond acceptors (Lipinski definition) is 4. The third kappa shape index (κ3) is 3.79. The molecule has 1 amide bonds. The van der Waals surface area contributed by atoms with Crippen LogP contribution >= 0.6 is 11.6 Å². The van der Waals surface area contributed by atoms with Gasteiger partial charge in [-0.1, -0.05) is 23.7 Å². The number of benzene rings is 2. The predicted octanol–water partition coefficient (Wildman–Crippen LogP) is 3.92. The van der Waals surface area contributed by atoms with Gasteiger partial charge in [0.25, 0.3) is 0 Å². The van der Waals surface area contributed by atoms with Crippen LogP contribution in [0.2, 0.25) is 5.02 Å². The lowest BCUT2D eigenvalue weighted by Gasteiger charge is -2.35. The Bertz CT molecular complexity index is 810. The van der Waals surface area contributed by atoms with E-state index in [0.717, 1.165) is 18.7 Å². The summed E-state index contributed by atoms with van der Waals surface area (Å²) in [5.74, 6) is 1.37. The van der Waals surface area contributed by atoms with Crippen LogP contribution in [0.5, 0.6) is 11.5 Å². The van der Waals surface area contributed by atoms with E-state index >= 15 is 0 Å². The van der Waals surface area contributed by atoms with Crippen LogP contribution in [0.25, 0.3) is 0 Å². The van der Waals surface area contributed by atoms with E-state index in [1.807, 2.05) is 24.3 Å². The fraction of sp³-hybridized carbons (Fsp3) is 0.350. The smallest absolute Gasteiger partial charge is 0.238 e. The second kappa shape index (κ2) is 7.98. The van der Waals surface area contributed by atoms with Crippen molar-refractivity contribution < 1.29 is 14.3 Å². The molecule has 1 N–H and O–H groups in total. The predicted molar refractivity (Wildman–Crippen MR) is 103 cm³/mol. The lowest BCUT2D eigenvalue weighted by atomic mass is 9.93. The van der Waals surface area contributed by atoms with E-state index in [2.05, 4.69) is 17.1 Å². The van der Waals surface area contributed by atoms with Gasteiger partial charge in [-0.3, -0.25) is 9.69 Å². The largest absolute Gasteiger partial charge is 0.493 e. The fourth-order valence-corrected chi connectivity index (χ4v) is 3.53. The summed E-state index contributed by atoms with van der Waals surface area (Å²) in [5.41, 5.74) is 3.04. The van der Waals surface area contributed by atoms with Crippen molar-refractivity contribution in [3.8, 4) is 11.5 Å². The highest BCUT2D eigenvalue weighted by Gasteiger charge is 2.27. The number of carbonyl (C=O) groups is 1. The summed E-state index contributed by atoms with van der Waals surface area (Å²) in [4.78, 5) is 14.6. The summed E-state index contributed by atoms with van der Waals surface area (Å²) < 4.78 is 10.8. The average molecular weight is 375 g/mol. The number of amides is 1. The molecule has 6 heteroatoms. The number of anilines is 1. The number of carbonyl (C=O) groups excluding carboxylic acids is 1. The number of nitrogens with one attached hydrogen (secondary N) is 1. The van der Waals surface area contributed by atoms with Crippen molar-refractivity contribution in [1.82, 2.24) is 4.90 Å². The summed E-state index contributed by atoms with van der Waals surface area (Å²) in [6.45, 7) is 3.21. The minimum Gasteiger partial charge on any atom is -0.493 e. The van der Waals surface area contributed by atoms with Crippen LogP contribution < -0.4 is 14.8 Å². The standard InChI is InChI=1S/C20H23ClN2O3/c1-13-15-11-19(26-3)18(25-2)10-14(15)8-9-23(13)12-20(24)22-17-7-5-4-6-16(17)21/h4-7,10-11,13H,8-9,12H2,1-3H3,(H,22,24)/t13-/m0/s1. The Morgan fingerprint density at radius 1 is 1.23 bits per heavy atom. The number of para-hydroxylation sites is 1. The molecular weight excluding hydrogens is 352 g/mol. The first kappa shape index (κ1) is 18.5. The van der Waals surface area contributed by atoms with E-state index in [1.165, 1.54) is 11.1 Å². The molecule has 0 saturated carbocycles. The average Bonchev–Trinajstić information content (AvgIpc) is 2.65. The summed E-state index contributed by atoms with van der Waals surface area (Å²) in [5, 5.41) is 3.42. The molecule has 0 aromatic heterocycles. The van der Waals surface area contributed by atoms with Gasteiger partial charge >= 0.3 is 0 Å². The second-order valence-electron chi connectivity index (χ2n) is 6.33. The van der Waals surface area contributed by atoms with Gasteiger partial charge in [0.05, 0.1) is 31.5 Å². The van der Waals surface area contributed by atoms with Crippen LogP contribution in [-0.4, -0.2) is 38.1 Å². The maximum Gasteiger partial charge on any atom is 0.238 e. The minimum absolute atomic E-state index is 0.0751. The lowest BCUT2D eigenvalue weighted by Crippen LogP contribution is -2.39. The fourth-order valence-electron chi connectivity index (χ4n) is 3.35. The number of halogens is 1. The molecule has 5 nitrogen and oxygen atoms in total. The Labute approximate surface area is 158 Å². The van der Waals surface area contributed by atoms with Crippen LogP contribution in [-0.2, 0) is 11.2 Å². The van der Waals surface area contributed by atoms with Gasteiger partial charge in [0.2, 0.25) is 5.91 Å². The maximum absolute atomic E-state index is 12.5. The molecule has 0 unspecified atom stereocenters. The molecule has 1 aliphatic heterocycles. The van der Waals surface area contributed by atoms with Crippen LogP contribution in [0, 0.1) is 0 Å². The number of methoxy groups -OCH3 is 2. The summed E-state index contributed by atoms with van der Waals surface area (Å²) in [7, 11) is 3.27. The molecule has 1 heterocycles. The Balaban J connectivity index is 1.73. The first-order valence-electron chi connectivity index (χ1n) is 8.56. The highest BCUT2D eigenvalue weighted by atomic mass is 35.5. The SMILES string of the molecule is COc1cc2c(cc1OC)[C@H](C)N(CC(=O)Nc1ccccc1Cl)CC2. The van der Waals surface area contributed by atoms with Gasteiger partial charge < -0.3 is 14.8 Å². The molecule has 0 bridgehead atoms. The van der Waals surface area contributed by atoms with Crippen molar-refractivity contribution in [3.05, 3.63) is 52.5 Å². The minimum atomic E-state index is -0.0751. The number of ether oxygens (including phenoxy) is 2. The molecule has 0 radical (unpaired) electrons. The zero-order chi connectivity index (χ0) is 18.7. The zero-order valence-electron chi connectivity index (χ0n) is 15.2. The van der Waals surface area contributed by atoms with Gasteiger partial charge in [0.15, 0.2) is 11.5 Å². The van der Waals surface area contributed by atoms with Crippen molar-refractivity contribution >= 4 is 23.2 Å². The molecule has 3 rings (SSSR count). The normalized spacial score (nSPS) is 16.7. The molecule has 138 valence electrons. The molecule has 1 atom stereocenters. The van der Waals surface area contributed by atoms with E-state index < -0.39 is 0 Å². The third-order valence-electron chi connectivity index (χ3n) is 4.81. The molecule has 0 fully saturated rings. The summed E-state index contributed by atoms with van der Waals surface area (Å²) >= 11 is 6.11.